The Hall–Kier alpha value is -1.22. The first kappa shape index (κ1) is 13.4. The normalized spacial score (nSPS) is 37.9. The van der Waals surface area contributed by atoms with Crippen molar-refractivity contribution >= 4 is 7.85 Å². The average Bonchev–Trinajstić information content (AvgIpc) is 2.73. The molecule has 1 fully saturated rings. The average molecular weight is 282 g/mol. The molecule has 3 heteroatoms. The van der Waals surface area contributed by atoms with E-state index in [2.05, 4.69) is 20.8 Å². The zero-order valence-electron chi connectivity index (χ0n) is 12.9. The summed E-state index contributed by atoms with van der Waals surface area (Å²) in [5.41, 5.74) is 5.95. The van der Waals surface area contributed by atoms with Gasteiger partial charge in [0.2, 0.25) is 0 Å². The number of aliphatic hydroxyl groups is 1. The van der Waals surface area contributed by atoms with Crippen LogP contribution in [0.5, 0.6) is 5.75 Å². The lowest BCUT2D eigenvalue weighted by molar-refractivity contribution is 0.179. The summed E-state index contributed by atoms with van der Waals surface area (Å²) in [5.74, 6) is 0.380. The number of allylic oxidation sites excluding steroid dienone is 1. The molecule has 0 unspecified atom stereocenters. The molecule has 0 aromatic heterocycles. The molecular formula is C18H23BO2. The fourth-order valence-electron chi connectivity index (χ4n) is 5.26. The summed E-state index contributed by atoms with van der Waals surface area (Å²) in [5, 5.41) is 20.1. The Balaban J connectivity index is 1.90. The lowest BCUT2D eigenvalue weighted by Crippen LogP contribution is -2.37. The molecule has 2 N–H and O–H groups in total. The van der Waals surface area contributed by atoms with Gasteiger partial charge in [0.25, 0.3) is 0 Å². The second-order valence-corrected chi connectivity index (χ2v) is 7.75. The minimum Gasteiger partial charge on any atom is -0.508 e. The number of aromatic hydroxyl groups is 1. The van der Waals surface area contributed by atoms with Crippen LogP contribution in [0.25, 0.3) is 0 Å². The Kier molecular flexibility index (Phi) is 2.67. The molecule has 21 heavy (non-hydrogen) atoms. The fourth-order valence-corrected chi connectivity index (χ4v) is 5.26. The summed E-state index contributed by atoms with van der Waals surface area (Å²) in [7, 11) is 2.34. The molecule has 3 atom stereocenters. The maximum Gasteiger partial charge on any atom is 0.115 e. The molecule has 0 radical (unpaired) electrons. The maximum atomic E-state index is 10.2. The van der Waals surface area contributed by atoms with Crippen molar-refractivity contribution in [2.24, 2.45) is 0 Å². The molecule has 4 rings (SSSR count). The molecule has 0 bridgehead atoms. The van der Waals surface area contributed by atoms with Crippen LogP contribution in [0.2, 0.25) is 5.31 Å². The molecular weight excluding hydrogens is 259 g/mol. The predicted octanol–water partition coefficient (Wildman–Crippen LogP) is 2.63. The summed E-state index contributed by atoms with van der Waals surface area (Å²) < 4.78 is 0. The van der Waals surface area contributed by atoms with Crippen molar-refractivity contribution in [1.29, 1.82) is 0 Å². The largest absolute Gasteiger partial charge is 0.508 e. The third kappa shape index (κ3) is 1.76. The molecule has 0 amide bonds. The van der Waals surface area contributed by atoms with Crippen LogP contribution in [-0.4, -0.2) is 24.2 Å². The molecule has 0 heterocycles. The van der Waals surface area contributed by atoms with E-state index >= 15 is 0 Å². The van der Waals surface area contributed by atoms with Gasteiger partial charge in [-0.1, -0.05) is 24.1 Å². The molecule has 3 aliphatic rings. The Labute approximate surface area is 127 Å². The molecule has 0 saturated heterocycles. The predicted molar refractivity (Wildman–Crippen MR) is 86.5 cm³/mol. The highest BCUT2D eigenvalue weighted by molar-refractivity contribution is 6.18. The van der Waals surface area contributed by atoms with E-state index in [9.17, 15) is 10.2 Å². The van der Waals surface area contributed by atoms with Crippen LogP contribution in [0.4, 0.5) is 0 Å². The number of hydrogen-bond donors (Lipinski definition) is 2. The number of rotatable bonds is 0. The number of hydrogen-bond acceptors (Lipinski definition) is 2. The summed E-state index contributed by atoms with van der Waals surface area (Å²) in [4.78, 5) is 0. The van der Waals surface area contributed by atoms with Crippen LogP contribution in [0, 0.1) is 0 Å². The van der Waals surface area contributed by atoms with Gasteiger partial charge in [-0.2, -0.15) is 0 Å². The maximum absolute atomic E-state index is 10.2. The number of phenolic OH excluding ortho intramolecular Hbond substituents is 1. The van der Waals surface area contributed by atoms with Crippen molar-refractivity contribution in [3.63, 3.8) is 0 Å². The van der Waals surface area contributed by atoms with E-state index in [0.29, 0.717) is 5.75 Å². The van der Waals surface area contributed by atoms with Gasteiger partial charge in [-0.25, -0.2) is 0 Å². The van der Waals surface area contributed by atoms with Gasteiger partial charge in [-0.05, 0) is 67.1 Å². The first-order chi connectivity index (χ1) is 9.92. The molecule has 110 valence electrons. The van der Waals surface area contributed by atoms with Gasteiger partial charge >= 0.3 is 0 Å². The minimum atomic E-state index is -0.152. The summed E-state index contributed by atoms with van der Waals surface area (Å²) >= 11 is 0. The molecule has 3 aliphatic carbocycles. The van der Waals surface area contributed by atoms with Crippen molar-refractivity contribution in [2.75, 3.05) is 0 Å². The molecule has 1 aromatic rings. The van der Waals surface area contributed by atoms with Crippen LogP contribution < -0.4 is 0 Å². The number of benzene rings is 1. The van der Waals surface area contributed by atoms with Crippen molar-refractivity contribution in [3.8, 4) is 5.75 Å². The second-order valence-electron chi connectivity index (χ2n) is 7.75. The first-order valence-electron chi connectivity index (χ1n) is 8.16. The van der Waals surface area contributed by atoms with E-state index in [1.54, 1.807) is 11.1 Å². The summed E-state index contributed by atoms with van der Waals surface area (Å²) in [6.07, 6.45) is 6.08. The highest BCUT2D eigenvalue weighted by atomic mass is 16.3. The molecule has 2 nitrogen and oxygen atoms in total. The van der Waals surface area contributed by atoms with Crippen molar-refractivity contribution in [3.05, 3.63) is 40.5 Å². The standard InChI is InChI=1S/C18H23BO2/c1-17-6-7-18(19)10-13(21)9-16(18)15(17)4-2-11-8-12(20)3-5-14(11)17/h3,5,8,13,20-21H,2,4,6-7,9-10,19H2,1H3/t13-,17-,18+/m0/s1. The highest BCUT2D eigenvalue weighted by Crippen LogP contribution is 2.62. The topological polar surface area (TPSA) is 40.5 Å². The molecule has 0 spiro atoms. The number of fused-ring (bicyclic) bond motifs is 4. The van der Waals surface area contributed by atoms with Crippen LogP contribution in [0.1, 0.15) is 50.2 Å². The van der Waals surface area contributed by atoms with E-state index in [0.717, 1.165) is 32.1 Å². The lowest BCUT2D eigenvalue weighted by Gasteiger charge is -2.48. The van der Waals surface area contributed by atoms with Gasteiger partial charge in [0, 0.05) is 5.41 Å². The van der Waals surface area contributed by atoms with E-state index in [1.165, 1.54) is 17.5 Å². The van der Waals surface area contributed by atoms with Crippen LogP contribution in [0.3, 0.4) is 0 Å². The number of aliphatic hydroxyl groups excluding tert-OH is 1. The molecule has 1 saturated carbocycles. The molecule has 0 aliphatic heterocycles. The van der Waals surface area contributed by atoms with Gasteiger partial charge < -0.3 is 10.2 Å². The SMILES string of the molecule is B[C@@]12CC[C@]3(C)C(=C1C[C@H](O)C2)CCc1cc(O)ccc13. The van der Waals surface area contributed by atoms with Gasteiger partial charge in [0.1, 0.15) is 13.6 Å². The lowest BCUT2D eigenvalue weighted by atomic mass is 9.50. The Morgan fingerprint density at radius 1 is 1.19 bits per heavy atom. The summed E-state index contributed by atoms with van der Waals surface area (Å²) in [6.45, 7) is 2.37. The third-order valence-electron chi connectivity index (χ3n) is 6.39. The van der Waals surface area contributed by atoms with Crippen molar-refractivity contribution < 1.29 is 10.2 Å². The fraction of sp³-hybridized carbons (Fsp3) is 0.556. The van der Waals surface area contributed by atoms with Crippen LogP contribution in [0.15, 0.2) is 29.3 Å². The van der Waals surface area contributed by atoms with Crippen molar-refractivity contribution in [1.82, 2.24) is 0 Å². The smallest absolute Gasteiger partial charge is 0.115 e. The van der Waals surface area contributed by atoms with E-state index < -0.39 is 0 Å². The van der Waals surface area contributed by atoms with Gasteiger partial charge in [-0.3, -0.25) is 0 Å². The van der Waals surface area contributed by atoms with Gasteiger partial charge in [0.05, 0.1) is 6.10 Å². The third-order valence-corrected chi connectivity index (χ3v) is 6.39. The number of phenols is 1. The zero-order chi connectivity index (χ0) is 14.8. The molecule has 1 aromatic carbocycles. The highest BCUT2D eigenvalue weighted by Gasteiger charge is 2.49. The van der Waals surface area contributed by atoms with Gasteiger partial charge in [0.15, 0.2) is 0 Å². The van der Waals surface area contributed by atoms with Crippen LogP contribution >= 0.6 is 0 Å². The minimum absolute atomic E-state index is 0.111. The van der Waals surface area contributed by atoms with E-state index in [4.69, 9.17) is 0 Å². The van der Waals surface area contributed by atoms with Gasteiger partial charge in [-0.15, -0.1) is 0 Å². The van der Waals surface area contributed by atoms with E-state index in [1.807, 2.05) is 12.1 Å². The first-order valence-corrected chi connectivity index (χ1v) is 8.16. The quantitative estimate of drug-likeness (QED) is 0.567. The van der Waals surface area contributed by atoms with Crippen LogP contribution in [-0.2, 0) is 11.8 Å². The van der Waals surface area contributed by atoms with Crippen molar-refractivity contribution in [2.45, 2.75) is 62.3 Å². The Morgan fingerprint density at radius 2 is 2.00 bits per heavy atom. The summed E-state index contributed by atoms with van der Waals surface area (Å²) in [6, 6.07) is 5.90. The monoisotopic (exact) mass is 282 g/mol. The second kappa shape index (κ2) is 4.16. The Bertz CT molecular complexity index is 651. The number of aryl methyl sites for hydroxylation is 1. The zero-order valence-corrected chi connectivity index (χ0v) is 12.9. The van der Waals surface area contributed by atoms with E-state index in [-0.39, 0.29) is 16.8 Å². The Morgan fingerprint density at radius 3 is 2.81 bits per heavy atom.